The molecule has 0 saturated carbocycles. The van der Waals surface area contributed by atoms with Crippen LogP contribution < -0.4 is 0 Å². The molecule has 7 nitrogen and oxygen atoms in total. The van der Waals surface area contributed by atoms with Crippen LogP contribution in [0.5, 0.6) is 0 Å². The van der Waals surface area contributed by atoms with E-state index in [0.29, 0.717) is 30.6 Å². The maximum absolute atomic E-state index is 11.4. The number of ketones is 1. The molecule has 0 saturated heterocycles. The van der Waals surface area contributed by atoms with E-state index in [0.717, 1.165) is 51.6 Å². The Labute approximate surface area is 325 Å². The summed E-state index contributed by atoms with van der Waals surface area (Å²) in [6.45, 7) is 17.1. The number of esters is 1. The Bertz CT molecular complexity index is 668. The zero-order chi connectivity index (χ0) is 40.0. The first kappa shape index (κ1) is 57.3. The largest absolute Gasteiger partial charge is 0.499 e. The summed E-state index contributed by atoms with van der Waals surface area (Å²) in [4.78, 5) is 22.0. The van der Waals surface area contributed by atoms with Gasteiger partial charge in [-0.3, -0.25) is 9.59 Å². The molecule has 0 bridgehead atoms. The highest BCUT2D eigenvalue weighted by atomic mass is 16.5. The van der Waals surface area contributed by atoms with Crippen molar-refractivity contribution in [2.24, 2.45) is 0 Å². The molecule has 0 aromatic heterocycles. The van der Waals surface area contributed by atoms with Crippen molar-refractivity contribution in [2.45, 2.75) is 214 Å². The summed E-state index contributed by atoms with van der Waals surface area (Å²) in [7, 11) is 4.86. The molecule has 0 aromatic rings. The van der Waals surface area contributed by atoms with Crippen molar-refractivity contribution in [3.63, 3.8) is 0 Å². The van der Waals surface area contributed by atoms with Gasteiger partial charge in [0, 0.05) is 26.9 Å². The molecule has 0 heterocycles. The molecule has 0 aromatic carbocycles. The van der Waals surface area contributed by atoms with Gasteiger partial charge in [-0.15, -0.1) is 0 Å². The quantitative estimate of drug-likeness (QED) is 0.0290. The third-order valence-corrected chi connectivity index (χ3v) is 8.96. The highest BCUT2D eigenvalue weighted by Gasteiger charge is 2.15. The van der Waals surface area contributed by atoms with Gasteiger partial charge in [0.1, 0.15) is 13.1 Å². The number of quaternary nitrogens is 1. The second kappa shape index (κ2) is 49.6. The summed E-state index contributed by atoms with van der Waals surface area (Å²) in [6, 6.07) is 0. The number of nitrogens with zero attached hydrogens (tertiary/aromatic N) is 1. The lowest BCUT2D eigenvalue weighted by molar-refractivity contribution is -0.882. The molecule has 0 fully saturated rings. The SMILES string of the molecule is C=C(CCCCCCCCCCCCC)OCCCC.CC(=O)C[N+](C)(C)CCO.CCCCCCCCCCCCCC(=O)OCCCC.CO. The number of Topliss-reactive ketones (excluding diaryl/α,β-unsaturated/α-hetero) is 1. The fourth-order valence-electron chi connectivity index (χ4n) is 5.71. The number of allylic oxidation sites excluding steroid dienone is 1. The van der Waals surface area contributed by atoms with Gasteiger partial charge in [0.25, 0.3) is 0 Å². The number of rotatable bonds is 35. The van der Waals surface area contributed by atoms with Crippen molar-refractivity contribution >= 4 is 11.8 Å². The van der Waals surface area contributed by atoms with Crippen LogP contribution in [-0.2, 0) is 19.1 Å². The maximum atomic E-state index is 11.4. The van der Waals surface area contributed by atoms with Crippen LogP contribution in [0.4, 0.5) is 0 Å². The van der Waals surface area contributed by atoms with Gasteiger partial charge in [0.2, 0.25) is 0 Å². The van der Waals surface area contributed by atoms with E-state index in [4.69, 9.17) is 19.7 Å². The lowest BCUT2D eigenvalue weighted by Gasteiger charge is -2.27. The molecule has 0 aliphatic rings. The number of hydrogen-bond donors (Lipinski definition) is 2. The first-order valence-corrected chi connectivity index (χ1v) is 21.9. The third kappa shape index (κ3) is 57.9. The molecule has 0 spiro atoms. The van der Waals surface area contributed by atoms with E-state index in [-0.39, 0.29) is 18.4 Å². The molecular weight excluding hydrogens is 650 g/mol. The van der Waals surface area contributed by atoms with Crippen LogP contribution in [-0.4, -0.2) is 80.6 Å². The molecule has 0 rings (SSSR count). The van der Waals surface area contributed by atoms with Crippen molar-refractivity contribution in [1.82, 2.24) is 0 Å². The Morgan fingerprint density at radius 1 is 0.519 bits per heavy atom. The average molecular weight is 745 g/mol. The predicted octanol–water partition coefficient (Wildman–Crippen LogP) is 12.3. The van der Waals surface area contributed by atoms with Crippen LogP contribution in [0.25, 0.3) is 0 Å². The van der Waals surface area contributed by atoms with Crippen molar-refractivity contribution < 1.29 is 33.8 Å². The Morgan fingerprint density at radius 3 is 1.19 bits per heavy atom. The standard InChI is InChI=1S/C19H38O.C18H36O2.C7H16NO2.CH4O/c1-4-6-8-9-10-11-12-13-14-15-16-17-19(3)20-18-7-5-2;1-3-5-7-8-9-10-11-12-13-14-15-16-18(19)20-17-6-4-2;1-7(10)6-8(2,3)4-5-9;1-2/h3-18H2,1-2H3;3-17H2,1-2H3;9H,4-6H2,1-3H3;2H,1H3/q;;+1;. The molecule has 7 heteroatoms. The van der Waals surface area contributed by atoms with Crippen molar-refractivity contribution in [1.29, 1.82) is 0 Å². The van der Waals surface area contributed by atoms with Crippen LogP contribution in [0.1, 0.15) is 214 Å². The number of carbonyl (C=O) groups is 2. The van der Waals surface area contributed by atoms with Crippen molar-refractivity contribution in [2.75, 3.05) is 54.1 Å². The predicted molar refractivity (Wildman–Crippen MR) is 226 cm³/mol. The zero-order valence-electron chi connectivity index (χ0n) is 36.5. The molecule has 0 aliphatic heterocycles. The molecule has 52 heavy (non-hydrogen) atoms. The lowest BCUT2D eigenvalue weighted by Crippen LogP contribution is -2.45. The molecule has 0 aliphatic carbocycles. The van der Waals surface area contributed by atoms with Gasteiger partial charge in [0.05, 0.1) is 39.7 Å². The summed E-state index contributed by atoms with van der Waals surface area (Å²) < 4.78 is 11.3. The summed E-state index contributed by atoms with van der Waals surface area (Å²) in [6.07, 6.45) is 36.0. The monoisotopic (exact) mass is 745 g/mol. The molecule has 0 atom stereocenters. The number of aliphatic hydroxyl groups excluding tert-OH is 2. The Morgan fingerprint density at radius 2 is 0.846 bits per heavy atom. The first-order chi connectivity index (χ1) is 25.1. The number of carbonyl (C=O) groups excluding carboxylic acids is 2. The van der Waals surface area contributed by atoms with Gasteiger partial charge in [0.15, 0.2) is 5.78 Å². The summed E-state index contributed by atoms with van der Waals surface area (Å²) >= 11 is 0. The fourth-order valence-corrected chi connectivity index (χ4v) is 5.71. The lowest BCUT2D eigenvalue weighted by atomic mass is 10.1. The third-order valence-electron chi connectivity index (χ3n) is 8.96. The van der Waals surface area contributed by atoms with Crippen LogP contribution in [0, 0.1) is 0 Å². The second-order valence-electron chi connectivity index (χ2n) is 15.1. The number of ether oxygens (including phenoxy) is 2. The second-order valence-corrected chi connectivity index (χ2v) is 15.1. The minimum absolute atomic E-state index is 0.00521. The van der Waals surface area contributed by atoms with E-state index in [9.17, 15) is 9.59 Å². The summed E-state index contributed by atoms with van der Waals surface area (Å²) in [5, 5.41) is 15.6. The number of likely N-dealkylation sites (N-methyl/N-ethyl adjacent to an activating group) is 1. The average Bonchev–Trinajstić information content (AvgIpc) is 3.10. The maximum Gasteiger partial charge on any atom is 0.305 e. The molecular formula is C45H94NO6+. The van der Waals surface area contributed by atoms with E-state index in [1.807, 2.05) is 14.1 Å². The van der Waals surface area contributed by atoms with Gasteiger partial charge in [-0.1, -0.05) is 176 Å². The van der Waals surface area contributed by atoms with Gasteiger partial charge < -0.3 is 24.2 Å². The molecule has 0 radical (unpaired) electrons. The summed E-state index contributed by atoms with van der Waals surface area (Å²) in [5.74, 6) is 1.15. The first-order valence-electron chi connectivity index (χ1n) is 21.9. The minimum atomic E-state index is -0.00521. The van der Waals surface area contributed by atoms with E-state index in [2.05, 4.69) is 34.3 Å². The highest BCUT2D eigenvalue weighted by molar-refractivity contribution is 5.76. The normalized spacial score (nSPS) is 10.6. The van der Waals surface area contributed by atoms with Crippen molar-refractivity contribution in [3.05, 3.63) is 12.3 Å². The fraction of sp³-hybridized carbons (Fsp3) is 0.911. The van der Waals surface area contributed by atoms with Crippen molar-refractivity contribution in [3.8, 4) is 0 Å². The summed E-state index contributed by atoms with van der Waals surface area (Å²) in [5.41, 5.74) is 0. The smallest absolute Gasteiger partial charge is 0.305 e. The topological polar surface area (TPSA) is 93.1 Å². The van der Waals surface area contributed by atoms with Crippen LogP contribution >= 0.6 is 0 Å². The molecule has 314 valence electrons. The van der Waals surface area contributed by atoms with E-state index in [1.54, 1.807) is 6.92 Å². The van der Waals surface area contributed by atoms with Gasteiger partial charge in [-0.05, 0) is 25.7 Å². The van der Waals surface area contributed by atoms with Crippen LogP contribution in [0.2, 0.25) is 0 Å². The van der Waals surface area contributed by atoms with E-state index < -0.39 is 0 Å². The number of unbranched alkanes of at least 4 members (excludes halogenated alkanes) is 22. The van der Waals surface area contributed by atoms with E-state index >= 15 is 0 Å². The van der Waals surface area contributed by atoms with Gasteiger partial charge in [-0.25, -0.2) is 0 Å². The molecule has 0 amide bonds. The van der Waals surface area contributed by atoms with Gasteiger partial charge in [-0.2, -0.15) is 0 Å². The minimum Gasteiger partial charge on any atom is -0.499 e. The Hall–Kier alpha value is -1.44. The Kier molecular flexibility index (Phi) is 54.6. The van der Waals surface area contributed by atoms with Crippen LogP contribution in [0.15, 0.2) is 12.3 Å². The van der Waals surface area contributed by atoms with E-state index in [1.165, 1.54) is 141 Å². The zero-order valence-corrected chi connectivity index (χ0v) is 36.5. The highest BCUT2D eigenvalue weighted by Crippen LogP contribution is 2.15. The number of hydrogen-bond acceptors (Lipinski definition) is 6. The molecule has 0 unspecified atom stereocenters. The van der Waals surface area contributed by atoms with Gasteiger partial charge >= 0.3 is 5.97 Å². The number of aliphatic hydroxyl groups is 2. The molecule has 2 N–H and O–H groups in total. The van der Waals surface area contributed by atoms with Crippen LogP contribution in [0.3, 0.4) is 0 Å². The Balaban J connectivity index is -0.000000341.